The average molecular weight is 379 g/mol. The molecule has 0 amide bonds. The Morgan fingerprint density at radius 3 is 3.00 bits per heavy atom. The molecule has 0 saturated carbocycles. The Labute approximate surface area is 163 Å². The fourth-order valence-electron chi connectivity index (χ4n) is 3.72. The molecule has 1 aliphatic rings. The van der Waals surface area contributed by atoms with Crippen LogP contribution in [0.1, 0.15) is 35.4 Å². The monoisotopic (exact) mass is 379 g/mol. The number of ether oxygens (including phenoxy) is 1. The molecule has 3 aromatic rings. The average Bonchev–Trinajstić information content (AvgIpc) is 3.14. The van der Waals surface area contributed by atoms with E-state index in [1.807, 2.05) is 30.5 Å². The van der Waals surface area contributed by atoms with Crippen molar-refractivity contribution in [3.8, 4) is 5.75 Å². The molecule has 4 rings (SSSR count). The van der Waals surface area contributed by atoms with Gasteiger partial charge in [-0.25, -0.2) is 4.98 Å². The van der Waals surface area contributed by atoms with Crippen LogP contribution >= 0.6 is 0 Å². The number of benzene rings is 1. The molecule has 1 aliphatic carbocycles. The Bertz CT molecular complexity index is 1010. The fourth-order valence-corrected chi connectivity index (χ4v) is 3.72. The van der Waals surface area contributed by atoms with Gasteiger partial charge in [0.1, 0.15) is 5.75 Å². The molecule has 2 heterocycles. The summed E-state index contributed by atoms with van der Waals surface area (Å²) >= 11 is 0. The lowest BCUT2D eigenvalue weighted by Crippen LogP contribution is -2.16. The first-order valence-electron chi connectivity index (χ1n) is 9.72. The molecule has 146 valence electrons. The predicted molar refractivity (Wildman–Crippen MR) is 108 cm³/mol. The van der Waals surface area contributed by atoms with Crippen LogP contribution in [0, 0.1) is 0 Å². The first-order valence-corrected chi connectivity index (χ1v) is 9.72. The Morgan fingerprint density at radius 2 is 2.11 bits per heavy atom. The molecule has 2 N–H and O–H groups in total. The van der Waals surface area contributed by atoms with Gasteiger partial charge in [-0.2, -0.15) is 5.10 Å². The quantitative estimate of drug-likeness (QED) is 0.659. The van der Waals surface area contributed by atoms with Crippen molar-refractivity contribution >= 4 is 5.95 Å². The summed E-state index contributed by atoms with van der Waals surface area (Å²) in [6.07, 6.45) is 7.33. The number of methoxy groups -OCH3 is 1. The van der Waals surface area contributed by atoms with Crippen LogP contribution in [0.3, 0.4) is 0 Å². The molecule has 0 aliphatic heterocycles. The molecule has 2 aromatic heterocycles. The number of H-pyrrole nitrogens is 1. The molecule has 7 heteroatoms. The van der Waals surface area contributed by atoms with Crippen LogP contribution in [0.25, 0.3) is 0 Å². The van der Waals surface area contributed by atoms with Crippen LogP contribution < -0.4 is 15.6 Å². The SMILES string of the molecule is COc1ccccc1CNc1nc(CCn2ncc3c2CCCC3)cc(=O)[nH]1. The van der Waals surface area contributed by atoms with Gasteiger partial charge in [0, 0.05) is 36.8 Å². The second kappa shape index (κ2) is 8.29. The third kappa shape index (κ3) is 4.08. The van der Waals surface area contributed by atoms with E-state index in [9.17, 15) is 4.79 Å². The van der Waals surface area contributed by atoms with Gasteiger partial charge in [0.2, 0.25) is 5.95 Å². The number of hydrogen-bond acceptors (Lipinski definition) is 5. The lowest BCUT2D eigenvalue weighted by Gasteiger charge is -2.14. The van der Waals surface area contributed by atoms with Crippen LogP contribution in [-0.4, -0.2) is 26.9 Å². The number of nitrogens with one attached hydrogen (secondary N) is 2. The van der Waals surface area contributed by atoms with Gasteiger partial charge in [0.05, 0.1) is 19.0 Å². The Morgan fingerprint density at radius 1 is 1.25 bits per heavy atom. The number of anilines is 1. The number of aromatic nitrogens is 4. The third-order valence-electron chi connectivity index (χ3n) is 5.16. The number of hydrogen-bond donors (Lipinski definition) is 2. The molecule has 0 bridgehead atoms. The lowest BCUT2D eigenvalue weighted by molar-refractivity contribution is 0.410. The Hall–Kier alpha value is -3.09. The van der Waals surface area contributed by atoms with E-state index in [1.54, 1.807) is 13.2 Å². The van der Waals surface area contributed by atoms with E-state index >= 15 is 0 Å². The minimum atomic E-state index is -0.157. The van der Waals surface area contributed by atoms with Crippen LogP contribution in [0.15, 0.2) is 41.3 Å². The van der Waals surface area contributed by atoms with E-state index in [0.29, 0.717) is 18.9 Å². The van der Waals surface area contributed by atoms with Crippen molar-refractivity contribution < 1.29 is 4.74 Å². The summed E-state index contributed by atoms with van der Waals surface area (Å²) in [5.74, 6) is 1.27. The number of fused-ring (bicyclic) bond motifs is 1. The summed E-state index contributed by atoms with van der Waals surface area (Å²) in [5.41, 5.74) is 4.30. The zero-order valence-corrected chi connectivity index (χ0v) is 16.1. The number of aromatic amines is 1. The molecule has 0 saturated heterocycles. The van der Waals surface area contributed by atoms with Gasteiger partial charge in [-0.15, -0.1) is 0 Å². The first kappa shape index (κ1) is 18.3. The van der Waals surface area contributed by atoms with Crippen LogP contribution in [0.5, 0.6) is 5.75 Å². The molecule has 0 atom stereocenters. The van der Waals surface area contributed by atoms with E-state index in [1.165, 1.54) is 24.1 Å². The van der Waals surface area contributed by atoms with Gasteiger partial charge >= 0.3 is 0 Å². The smallest absolute Gasteiger partial charge is 0.252 e. The summed E-state index contributed by atoms with van der Waals surface area (Å²) in [6, 6.07) is 9.33. The standard InChI is InChI=1S/C21H25N5O2/c1-28-19-9-5-3-7-16(19)13-22-21-24-17(12-20(27)25-21)10-11-26-18-8-4-2-6-15(18)14-23-26/h3,5,7,9,12,14H,2,4,6,8,10-11,13H2,1H3,(H2,22,24,25,27). The van der Waals surface area contributed by atoms with Crippen molar-refractivity contribution in [2.75, 3.05) is 12.4 Å². The molecule has 7 nitrogen and oxygen atoms in total. The third-order valence-corrected chi connectivity index (χ3v) is 5.16. The summed E-state index contributed by atoms with van der Waals surface area (Å²) in [6.45, 7) is 1.25. The number of nitrogens with zero attached hydrogens (tertiary/aromatic N) is 3. The van der Waals surface area contributed by atoms with Crippen molar-refractivity contribution in [3.05, 3.63) is 69.4 Å². The second-order valence-electron chi connectivity index (χ2n) is 7.05. The minimum absolute atomic E-state index is 0.157. The van der Waals surface area contributed by atoms with E-state index in [2.05, 4.69) is 25.1 Å². The first-order chi connectivity index (χ1) is 13.7. The van der Waals surface area contributed by atoms with Crippen molar-refractivity contribution in [2.45, 2.75) is 45.2 Å². The topological polar surface area (TPSA) is 84.8 Å². The predicted octanol–water partition coefficient (Wildman–Crippen LogP) is 2.71. The van der Waals surface area contributed by atoms with E-state index < -0.39 is 0 Å². The maximum atomic E-state index is 12.1. The van der Waals surface area contributed by atoms with E-state index in [0.717, 1.165) is 36.4 Å². The van der Waals surface area contributed by atoms with Crippen molar-refractivity contribution in [3.63, 3.8) is 0 Å². The highest BCUT2D eigenvalue weighted by Gasteiger charge is 2.15. The minimum Gasteiger partial charge on any atom is -0.496 e. The summed E-state index contributed by atoms with van der Waals surface area (Å²) in [7, 11) is 1.65. The van der Waals surface area contributed by atoms with Crippen molar-refractivity contribution in [1.82, 2.24) is 19.7 Å². The molecule has 28 heavy (non-hydrogen) atoms. The molecule has 1 aromatic carbocycles. The van der Waals surface area contributed by atoms with Gasteiger partial charge < -0.3 is 10.1 Å². The molecule has 0 radical (unpaired) electrons. The molecular weight excluding hydrogens is 354 g/mol. The fraction of sp³-hybridized carbons (Fsp3) is 0.381. The van der Waals surface area contributed by atoms with Gasteiger partial charge in [-0.1, -0.05) is 18.2 Å². The zero-order chi connectivity index (χ0) is 19.3. The highest BCUT2D eigenvalue weighted by molar-refractivity contribution is 5.37. The Balaban J connectivity index is 1.44. The number of para-hydroxylation sites is 1. The summed E-state index contributed by atoms with van der Waals surface area (Å²) < 4.78 is 7.43. The molecule has 0 unspecified atom stereocenters. The highest BCUT2D eigenvalue weighted by atomic mass is 16.5. The molecule has 0 fully saturated rings. The van der Waals surface area contributed by atoms with Crippen molar-refractivity contribution in [1.29, 1.82) is 0 Å². The van der Waals surface area contributed by atoms with Crippen LogP contribution in [0.2, 0.25) is 0 Å². The zero-order valence-electron chi connectivity index (χ0n) is 16.1. The van der Waals surface area contributed by atoms with Crippen LogP contribution in [0.4, 0.5) is 5.95 Å². The second-order valence-corrected chi connectivity index (χ2v) is 7.05. The highest BCUT2D eigenvalue weighted by Crippen LogP contribution is 2.21. The van der Waals surface area contributed by atoms with E-state index in [4.69, 9.17) is 4.74 Å². The van der Waals surface area contributed by atoms with Crippen LogP contribution in [-0.2, 0) is 32.4 Å². The maximum Gasteiger partial charge on any atom is 0.252 e. The molecule has 0 spiro atoms. The van der Waals surface area contributed by atoms with Crippen molar-refractivity contribution in [2.24, 2.45) is 0 Å². The molecular formula is C21H25N5O2. The van der Waals surface area contributed by atoms with Gasteiger partial charge in [-0.05, 0) is 37.3 Å². The Kier molecular flexibility index (Phi) is 5.41. The summed E-state index contributed by atoms with van der Waals surface area (Å²) in [4.78, 5) is 19.4. The number of rotatable bonds is 7. The summed E-state index contributed by atoms with van der Waals surface area (Å²) in [5, 5.41) is 7.72. The van der Waals surface area contributed by atoms with E-state index in [-0.39, 0.29) is 5.56 Å². The normalized spacial score (nSPS) is 13.2. The number of aryl methyl sites for hydroxylation is 3. The van der Waals surface area contributed by atoms with Gasteiger partial charge in [0.25, 0.3) is 5.56 Å². The maximum absolute atomic E-state index is 12.1. The van der Waals surface area contributed by atoms with Gasteiger partial charge in [-0.3, -0.25) is 14.5 Å². The largest absolute Gasteiger partial charge is 0.496 e. The lowest BCUT2D eigenvalue weighted by atomic mass is 9.98. The van der Waals surface area contributed by atoms with Gasteiger partial charge in [0.15, 0.2) is 0 Å².